The van der Waals surface area contributed by atoms with E-state index in [1.807, 2.05) is 16.9 Å². The Bertz CT molecular complexity index is 613. The summed E-state index contributed by atoms with van der Waals surface area (Å²) in [5.41, 5.74) is 0.572. The molecule has 6 nitrogen and oxygen atoms in total. The highest BCUT2D eigenvalue weighted by molar-refractivity contribution is 7.84. The molecule has 0 unspecified atom stereocenters. The van der Waals surface area contributed by atoms with Gasteiger partial charge in [-0.05, 0) is 24.6 Å². The van der Waals surface area contributed by atoms with Gasteiger partial charge in [0.1, 0.15) is 0 Å². The molecule has 0 aliphatic rings. The van der Waals surface area contributed by atoms with E-state index in [1.165, 1.54) is 0 Å². The van der Waals surface area contributed by atoms with Crippen molar-refractivity contribution in [3.63, 3.8) is 0 Å². The summed E-state index contributed by atoms with van der Waals surface area (Å²) in [6, 6.07) is 8.63. The number of rotatable bonds is 6. The van der Waals surface area contributed by atoms with E-state index >= 15 is 0 Å². The van der Waals surface area contributed by atoms with Gasteiger partial charge in [-0.1, -0.05) is 12.1 Å². The number of amides is 2. The van der Waals surface area contributed by atoms with Gasteiger partial charge in [0.2, 0.25) is 0 Å². The summed E-state index contributed by atoms with van der Waals surface area (Å²) < 4.78 is 13.4. The standard InChI is InChI=1S/C14H18N4O2S/c1-21(20)13-7-3-2-6-12(13)17-14(19)15-8-4-10-18-11-5-9-16-18/h2-3,5-7,9,11H,4,8,10H2,1H3,(H2,15,17,19)/t21-/m0/s1. The minimum absolute atomic E-state index is 0.298. The fourth-order valence-corrected chi connectivity index (χ4v) is 2.56. The van der Waals surface area contributed by atoms with Crippen LogP contribution in [0, 0.1) is 0 Å². The van der Waals surface area contributed by atoms with Crippen molar-refractivity contribution in [2.45, 2.75) is 17.9 Å². The molecule has 0 spiro atoms. The molecule has 1 aromatic heterocycles. The van der Waals surface area contributed by atoms with E-state index in [0.717, 1.165) is 13.0 Å². The number of urea groups is 1. The van der Waals surface area contributed by atoms with E-state index in [2.05, 4.69) is 15.7 Å². The highest BCUT2D eigenvalue weighted by atomic mass is 32.2. The molecule has 0 aliphatic heterocycles. The monoisotopic (exact) mass is 306 g/mol. The van der Waals surface area contributed by atoms with Crippen LogP contribution >= 0.6 is 0 Å². The molecule has 2 N–H and O–H groups in total. The Morgan fingerprint density at radius 1 is 1.33 bits per heavy atom. The fraction of sp³-hybridized carbons (Fsp3) is 0.286. The van der Waals surface area contributed by atoms with Crippen LogP contribution in [0.25, 0.3) is 0 Å². The topological polar surface area (TPSA) is 76.0 Å². The normalized spacial score (nSPS) is 11.9. The van der Waals surface area contributed by atoms with Crippen LogP contribution < -0.4 is 10.6 Å². The van der Waals surface area contributed by atoms with E-state index in [0.29, 0.717) is 17.1 Å². The lowest BCUT2D eigenvalue weighted by atomic mass is 10.3. The average molecular weight is 306 g/mol. The summed E-state index contributed by atoms with van der Waals surface area (Å²) in [5, 5.41) is 9.58. The zero-order chi connectivity index (χ0) is 15.1. The number of carbonyl (C=O) groups excluding carboxylic acids is 1. The van der Waals surface area contributed by atoms with Gasteiger partial charge >= 0.3 is 6.03 Å². The largest absolute Gasteiger partial charge is 0.338 e. The molecule has 7 heteroatoms. The molecule has 21 heavy (non-hydrogen) atoms. The summed E-state index contributed by atoms with van der Waals surface area (Å²) in [5.74, 6) is 0. The first-order valence-electron chi connectivity index (χ1n) is 6.61. The first-order valence-corrected chi connectivity index (χ1v) is 8.17. The Balaban J connectivity index is 1.78. The van der Waals surface area contributed by atoms with Crippen molar-refractivity contribution in [2.24, 2.45) is 0 Å². The number of nitrogens with zero attached hydrogens (tertiary/aromatic N) is 2. The predicted molar refractivity (Wildman–Crippen MR) is 82.6 cm³/mol. The number of para-hydroxylation sites is 1. The van der Waals surface area contributed by atoms with Crippen molar-refractivity contribution in [2.75, 3.05) is 18.1 Å². The zero-order valence-corrected chi connectivity index (χ0v) is 12.6. The number of carbonyl (C=O) groups is 1. The van der Waals surface area contributed by atoms with Gasteiger partial charge in [0.15, 0.2) is 0 Å². The van der Waals surface area contributed by atoms with Gasteiger partial charge in [-0.25, -0.2) is 4.79 Å². The summed E-state index contributed by atoms with van der Waals surface area (Å²) in [7, 11) is -1.14. The lowest BCUT2D eigenvalue weighted by molar-refractivity contribution is 0.251. The first kappa shape index (κ1) is 15.2. The van der Waals surface area contributed by atoms with Crippen LogP contribution in [0.5, 0.6) is 0 Å². The molecule has 1 heterocycles. The maximum atomic E-state index is 11.8. The van der Waals surface area contributed by atoms with Gasteiger partial charge in [-0.3, -0.25) is 8.89 Å². The second-order valence-electron chi connectivity index (χ2n) is 4.45. The summed E-state index contributed by atoms with van der Waals surface area (Å²) in [6.45, 7) is 1.30. The van der Waals surface area contributed by atoms with Crippen LogP contribution in [0.1, 0.15) is 6.42 Å². The molecular weight excluding hydrogens is 288 g/mol. The molecule has 1 aromatic carbocycles. The van der Waals surface area contributed by atoms with E-state index < -0.39 is 10.8 Å². The molecule has 0 aliphatic carbocycles. The molecule has 112 valence electrons. The van der Waals surface area contributed by atoms with Gasteiger partial charge < -0.3 is 10.6 Å². The summed E-state index contributed by atoms with van der Waals surface area (Å²) in [6.07, 6.45) is 5.98. The number of hydrogen-bond donors (Lipinski definition) is 2. The molecule has 1 atom stereocenters. The van der Waals surface area contributed by atoms with Gasteiger partial charge in [-0.2, -0.15) is 5.10 Å². The van der Waals surface area contributed by atoms with E-state index in [9.17, 15) is 9.00 Å². The van der Waals surface area contributed by atoms with Crippen LogP contribution in [0.3, 0.4) is 0 Å². The van der Waals surface area contributed by atoms with Crippen molar-refractivity contribution in [1.82, 2.24) is 15.1 Å². The SMILES string of the molecule is C[S@](=O)c1ccccc1NC(=O)NCCCn1cccn1. The molecule has 0 radical (unpaired) electrons. The molecule has 0 bridgehead atoms. The smallest absolute Gasteiger partial charge is 0.319 e. The molecule has 2 rings (SSSR count). The zero-order valence-electron chi connectivity index (χ0n) is 11.8. The predicted octanol–water partition coefficient (Wildman–Crippen LogP) is 1.83. The second kappa shape index (κ2) is 7.58. The molecule has 2 amide bonds. The van der Waals surface area contributed by atoms with Crippen molar-refractivity contribution >= 4 is 22.5 Å². The highest BCUT2D eigenvalue weighted by Gasteiger charge is 2.08. The van der Waals surface area contributed by atoms with E-state index in [4.69, 9.17) is 0 Å². The lowest BCUT2D eigenvalue weighted by Crippen LogP contribution is -2.30. The number of aromatic nitrogens is 2. The third kappa shape index (κ3) is 4.71. The molecule has 2 aromatic rings. The third-order valence-electron chi connectivity index (χ3n) is 2.85. The Labute approximate surface area is 126 Å². The van der Waals surface area contributed by atoms with Crippen molar-refractivity contribution in [3.8, 4) is 0 Å². The molecule has 0 saturated heterocycles. The maximum absolute atomic E-state index is 11.8. The number of nitrogens with one attached hydrogen (secondary N) is 2. The van der Waals surface area contributed by atoms with Crippen LogP contribution in [0.2, 0.25) is 0 Å². The maximum Gasteiger partial charge on any atom is 0.319 e. The van der Waals surface area contributed by atoms with Crippen LogP contribution in [-0.4, -0.2) is 32.8 Å². The van der Waals surface area contributed by atoms with Crippen molar-refractivity contribution in [3.05, 3.63) is 42.7 Å². The van der Waals surface area contributed by atoms with Gasteiger partial charge in [0.05, 0.1) is 21.4 Å². The fourth-order valence-electron chi connectivity index (χ4n) is 1.86. The Morgan fingerprint density at radius 2 is 2.14 bits per heavy atom. The molecule has 0 fully saturated rings. The van der Waals surface area contributed by atoms with Gasteiger partial charge in [0, 0.05) is 31.7 Å². The van der Waals surface area contributed by atoms with Crippen molar-refractivity contribution in [1.29, 1.82) is 0 Å². The first-order chi connectivity index (χ1) is 10.2. The summed E-state index contributed by atoms with van der Waals surface area (Å²) in [4.78, 5) is 12.4. The lowest BCUT2D eigenvalue weighted by Gasteiger charge is -2.10. The quantitative estimate of drug-likeness (QED) is 0.799. The second-order valence-corrected chi connectivity index (χ2v) is 5.80. The van der Waals surface area contributed by atoms with Gasteiger partial charge in [0.25, 0.3) is 0 Å². The highest BCUT2D eigenvalue weighted by Crippen LogP contribution is 2.17. The van der Waals surface area contributed by atoms with Crippen LogP contribution in [0.4, 0.5) is 10.5 Å². The Kier molecular flexibility index (Phi) is 5.51. The molecular formula is C14H18N4O2S. The summed E-state index contributed by atoms with van der Waals surface area (Å²) >= 11 is 0. The number of hydrogen-bond acceptors (Lipinski definition) is 3. The van der Waals surface area contributed by atoms with Crippen LogP contribution in [0.15, 0.2) is 47.6 Å². The van der Waals surface area contributed by atoms with Crippen LogP contribution in [-0.2, 0) is 17.3 Å². The Hall–Kier alpha value is -2.15. The Morgan fingerprint density at radius 3 is 2.86 bits per heavy atom. The van der Waals surface area contributed by atoms with Crippen molar-refractivity contribution < 1.29 is 9.00 Å². The third-order valence-corrected chi connectivity index (χ3v) is 3.83. The minimum atomic E-state index is -1.14. The average Bonchev–Trinajstić information content (AvgIpc) is 2.97. The molecule has 0 saturated carbocycles. The number of aryl methyl sites for hydroxylation is 1. The number of anilines is 1. The van der Waals surface area contributed by atoms with E-state index in [1.54, 1.807) is 36.7 Å². The van der Waals surface area contributed by atoms with E-state index in [-0.39, 0.29) is 6.03 Å². The minimum Gasteiger partial charge on any atom is -0.338 e. The van der Waals surface area contributed by atoms with Gasteiger partial charge in [-0.15, -0.1) is 0 Å². The number of benzene rings is 1.